The van der Waals surface area contributed by atoms with Crippen molar-refractivity contribution in [3.63, 3.8) is 0 Å². The fraction of sp³-hybridized carbons (Fsp3) is 0.429. The van der Waals surface area contributed by atoms with E-state index < -0.39 is 29.2 Å². The van der Waals surface area contributed by atoms with Crippen molar-refractivity contribution in [2.45, 2.75) is 30.0 Å². The number of thiol groups is 1. The molecule has 0 aromatic heterocycles. The fourth-order valence-corrected chi connectivity index (χ4v) is 6.24. The SMILES string of the molecule is C[SH]1C[C@@H](O)[C@@H](O)[C@@H](O)[C@@H]1c1ccc(Cl)c(Cc2ccc(OCCN)cc2)c1. The zero-order chi connectivity index (χ0) is 20.3. The average Bonchev–Trinajstić information content (AvgIpc) is 2.68. The Balaban J connectivity index is 1.80. The molecule has 1 aliphatic rings. The number of halogens is 1. The highest BCUT2D eigenvalue weighted by atomic mass is 35.5. The smallest absolute Gasteiger partial charge is 0.119 e. The highest BCUT2D eigenvalue weighted by Crippen LogP contribution is 2.48. The van der Waals surface area contributed by atoms with E-state index in [4.69, 9.17) is 22.1 Å². The Labute approximate surface area is 173 Å². The lowest BCUT2D eigenvalue weighted by atomic mass is 9.96. The lowest BCUT2D eigenvalue weighted by Crippen LogP contribution is -2.47. The molecule has 0 radical (unpaired) electrons. The second kappa shape index (κ2) is 9.48. The van der Waals surface area contributed by atoms with Crippen LogP contribution in [0.2, 0.25) is 5.02 Å². The van der Waals surface area contributed by atoms with Gasteiger partial charge in [0, 0.05) is 22.6 Å². The Morgan fingerprint density at radius 3 is 2.50 bits per heavy atom. The van der Waals surface area contributed by atoms with Crippen LogP contribution >= 0.6 is 22.5 Å². The molecule has 2 aromatic rings. The van der Waals surface area contributed by atoms with Gasteiger partial charge in [-0.05, 0) is 47.6 Å². The normalized spacial score (nSPS) is 28.9. The first-order chi connectivity index (χ1) is 13.4. The maximum absolute atomic E-state index is 10.5. The molecule has 0 aliphatic carbocycles. The van der Waals surface area contributed by atoms with Crippen LogP contribution in [0.15, 0.2) is 42.5 Å². The van der Waals surface area contributed by atoms with Crippen LogP contribution in [0.25, 0.3) is 0 Å². The molecule has 0 saturated carbocycles. The molecule has 0 spiro atoms. The van der Waals surface area contributed by atoms with Crippen molar-refractivity contribution in [2.24, 2.45) is 5.73 Å². The fourth-order valence-electron chi connectivity index (χ4n) is 3.66. The van der Waals surface area contributed by atoms with Gasteiger partial charge >= 0.3 is 0 Å². The number of aliphatic hydroxyl groups excluding tert-OH is 3. The minimum atomic E-state index is -1.12. The molecule has 1 aliphatic heterocycles. The van der Waals surface area contributed by atoms with Crippen LogP contribution in [0.5, 0.6) is 5.75 Å². The Morgan fingerprint density at radius 1 is 1.11 bits per heavy atom. The number of hydrogen-bond donors (Lipinski definition) is 5. The van der Waals surface area contributed by atoms with E-state index in [-0.39, 0.29) is 5.25 Å². The third-order valence-corrected chi connectivity index (χ3v) is 8.01. The number of nitrogens with two attached hydrogens (primary N) is 1. The Hall–Kier alpha value is -1.28. The topological polar surface area (TPSA) is 95.9 Å². The van der Waals surface area contributed by atoms with Crippen LogP contribution in [-0.4, -0.2) is 58.8 Å². The molecule has 1 saturated heterocycles. The largest absolute Gasteiger partial charge is 0.492 e. The van der Waals surface area contributed by atoms with Gasteiger partial charge in [0.05, 0.1) is 12.2 Å². The summed E-state index contributed by atoms with van der Waals surface area (Å²) in [5.41, 5.74) is 8.46. The highest BCUT2D eigenvalue weighted by Gasteiger charge is 2.40. The summed E-state index contributed by atoms with van der Waals surface area (Å²) in [7, 11) is -0.658. The van der Waals surface area contributed by atoms with E-state index in [1.165, 1.54) is 0 Å². The van der Waals surface area contributed by atoms with Crippen molar-refractivity contribution in [3.8, 4) is 5.75 Å². The second-order valence-corrected chi connectivity index (χ2v) is 10.1. The van der Waals surface area contributed by atoms with Crippen molar-refractivity contribution in [2.75, 3.05) is 25.2 Å². The third-order valence-electron chi connectivity index (χ3n) is 5.13. The highest BCUT2D eigenvalue weighted by molar-refractivity contribution is 8.16. The molecular formula is C21H28ClNO4S. The first-order valence-corrected chi connectivity index (χ1v) is 11.8. The van der Waals surface area contributed by atoms with Gasteiger partial charge in [-0.3, -0.25) is 0 Å². The van der Waals surface area contributed by atoms with Crippen molar-refractivity contribution >= 4 is 22.5 Å². The molecule has 0 bridgehead atoms. The molecule has 1 fully saturated rings. The number of benzene rings is 2. The van der Waals surface area contributed by atoms with E-state index >= 15 is 0 Å². The maximum Gasteiger partial charge on any atom is 0.119 e. The summed E-state index contributed by atoms with van der Waals surface area (Å²) in [6, 6.07) is 13.6. The van der Waals surface area contributed by atoms with Gasteiger partial charge in [-0.2, -0.15) is 0 Å². The first-order valence-electron chi connectivity index (χ1n) is 9.35. The van der Waals surface area contributed by atoms with E-state index in [1.807, 2.05) is 48.7 Å². The zero-order valence-electron chi connectivity index (χ0n) is 15.8. The van der Waals surface area contributed by atoms with Crippen molar-refractivity contribution in [1.82, 2.24) is 0 Å². The number of rotatable bonds is 6. The quantitative estimate of drug-likeness (QED) is 0.456. The van der Waals surface area contributed by atoms with E-state index in [0.717, 1.165) is 22.4 Å². The zero-order valence-corrected chi connectivity index (χ0v) is 17.5. The maximum atomic E-state index is 10.5. The van der Waals surface area contributed by atoms with E-state index in [1.54, 1.807) is 0 Å². The lowest BCUT2D eigenvalue weighted by Gasteiger charge is -2.42. The third kappa shape index (κ3) is 4.82. The Kier molecular flexibility index (Phi) is 7.25. The van der Waals surface area contributed by atoms with Crippen molar-refractivity contribution in [1.29, 1.82) is 0 Å². The predicted molar refractivity (Wildman–Crippen MR) is 116 cm³/mol. The number of ether oxygens (including phenoxy) is 1. The molecule has 0 amide bonds. The molecule has 5 nitrogen and oxygen atoms in total. The van der Waals surface area contributed by atoms with Gasteiger partial charge in [0.1, 0.15) is 18.5 Å². The van der Waals surface area contributed by atoms with Crippen LogP contribution in [0.1, 0.15) is 21.9 Å². The molecule has 1 unspecified atom stereocenters. The molecule has 154 valence electrons. The van der Waals surface area contributed by atoms with Crippen LogP contribution < -0.4 is 10.5 Å². The molecule has 28 heavy (non-hydrogen) atoms. The minimum Gasteiger partial charge on any atom is -0.492 e. The Morgan fingerprint density at radius 2 is 1.82 bits per heavy atom. The van der Waals surface area contributed by atoms with Crippen LogP contribution in [0.4, 0.5) is 0 Å². The summed E-state index contributed by atoms with van der Waals surface area (Å²) in [6.45, 7) is 0.959. The van der Waals surface area contributed by atoms with Crippen LogP contribution in [0.3, 0.4) is 0 Å². The van der Waals surface area contributed by atoms with Gasteiger partial charge in [-0.25, -0.2) is 10.9 Å². The Bertz CT molecular complexity index is 788. The van der Waals surface area contributed by atoms with E-state index in [2.05, 4.69) is 0 Å². The second-order valence-electron chi connectivity index (χ2n) is 7.24. The molecule has 1 heterocycles. The van der Waals surface area contributed by atoms with E-state index in [0.29, 0.717) is 30.3 Å². The monoisotopic (exact) mass is 425 g/mol. The molecule has 5 atom stereocenters. The van der Waals surface area contributed by atoms with Crippen LogP contribution in [0, 0.1) is 0 Å². The summed E-state index contributed by atoms with van der Waals surface area (Å²) in [4.78, 5) is 0. The summed E-state index contributed by atoms with van der Waals surface area (Å²) in [5.74, 6) is 1.30. The molecule has 5 N–H and O–H groups in total. The summed E-state index contributed by atoms with van der Waals surface area (Å²) in [6.07, 6.45) is -0.266. The van der Waals surface area contributed by atoms with Gasteiger partial charge in [0.25, 0.3) is 0 Å². The van der Waals surface area contributed by atoms with Gasteiger partial charge < -0.3 is 25.8 Å². The van der Waals surface area contributed by atoms with Gasteiger partial charge in [0.15, 0.2) is 0 Å². The lowest BCUT2D eigenvalue weighted by molar-refractivity contribution is -0.0561. The van der Waals surface area contributed by atoms with Gasteiger partial charge in [0.2, 0.25) is 0 Å². The van der Waals surface area contributed by atoms with Crippen molar-refractivity contribution in [3.05, 3.63) is 64.2 Å². The summed E-state index contributed by atoms with van der Waals surface area (Å²) in [5, 5.41) is 31.0. The summed E-state index contributed by atoms with van der Waals surface area (Å²) >= 11 is 6.42. The molecule has 3 rings (SSSR count). The molecule has 2 aromatic carbocycles. The van der Waals surface area contributed by atoms with E-state index in [9.17, 15) is 15.3 Å². The predicted octanol–water partition coefficient (Wildman–Crippen LogP) is 2.04. The van der Waals surface area contributed by atoms with Crippen LogP contribution in [-0.2, 0) is 6.42 Å². The standard InChI is InChI=1S/C21H28ClNO4S/c1-28-12-18(24)19(25)20(26)21(28)14-4-7-17(22)15(11-14)10-13-2-5-16(6-3-13)27-9-8-23/h2-7,11,18-21,24-26,28H,8-10,12,23H2,1H3/t18-,19-,20-,21+/m1/s1. The number of aliphatic hydroxyl groups is 3. The van der Waals surface area contributed by atoms with Gasteiger partial charge in [-0.1, -0.05) is 35.9 Å². The minimum absolute atomic E-state index is 0.184. The summed E-state index contributed by atoms with van der Waals surface area (Å²) < 4.78 is 5.50. The number of hydrogen-bond acceptors (Lipinski definition) is 5. The van der Waals surface area contributed by atoms with Gasteiger partial charge in [-0.15, -0.1) is 0 Å². The molecular weight excluding hydrogens is 398 g/mol. The molecule has 7 heteroatoms. The first kappa shape index (κ1) is 21.4. The van der Waals surface area contributed by atoms with Crippen molar-refractivity contribution < 1.29 is 20.1 Å². The average molecular weight is 426 g/mol.